The van der Waals surface area contributed by atoms with Gasteiger partial charge >= 0.3 is 10.8 Å². The first-order valence-electron chi connectivity index (χ1n) is 2.93. The van der Waals surface area contributed by atoms with Gasteiger partial charge < -0.3 is 0 Å². The first kappa shape index (κ1) is 13.4. The third kappa shape index (κ3) is 3.95. The van der Waals surface area contributed by atoms with Crippen LogP contribution in [0.1, 0.15) is 0 Å². The molecule has 0 unspecified atom stereocenters. The number of rotatable bonds is 3. The maximum absolute atomic E-state index is 10.9. The van der Waals surface area contributed by atoms with Crippen LogP contribution in [-0.4, -0.2) is 54.8 Å². The molecule has 0 aromatic heterocycles. The van der Waals surface area contributed by atoms with E-state index in [1.807, 2.05) is 0 Å². The topological polar surface area (TPSA) is 102 Å². The molecule has 6 nitrogen and oxygen atoms in total. The molecule has 0 aromatic rings. The van der Waals surface area contributed by atoms with Crippen molar-refractivity contribution >= 4 is 35.4 Å². The molecule has 10 heteroatoms. The zero-order chi connectivity index (χ0) is 11.1. The third-order valence-corrected chi connectivity index (χ3v) is 28.3. The highest BCUT2D eigenvalue weighted by Gasteiger charge is 2.56. The highest BCUT2D eigenvalue weighted by molar-refractivity contribution is 8.69. The Morgan fingerprint density at radius 3 is 0.769 bits per heavy atom. The van der Waals surface area contributed by atoms with Gasteiger partial charge in [-0.3, -0.25) is 0 Å². The van der Waals surface area contributed by atoms with Gasteiger partial charge in [0.25, 0.3) is 0 Å². The molecule has 13 heavy (non-hydrogen) atoms. The van der Waals surface area contributed by atoms with Crippen LogP contribution >= 0.6 is 0 Å². The van der Waals surface area contributed by atoms with Crippen LogP contribution < -0.4 is 0 Å². The van der Waals surface area contributed by atoms with E-state index in [0.717, 1.165) is 0 Å². The molecule has 0 rings (SSSR count). The van der Waals surface area contributed by atoms with Crippen molar-refractivity contribution in [3.05, 3.63) is 0 Å². The van der Waals surface area contributed by atoms with Crippen LogP contribution in [0.2, 0.25) is 0 Å². The molecule has 0 saturated heterocycles. The average Bonchev–Trinajstić information content (AvgIpc) is 1.44. The van der Waals surface area contributed by atoms with Crippen LogP contribution in [0.3, 0.4) is 0 Å². The minimum Gasteiger partial charge on any atom is -0.249 e. The van der Waals surface area contributed by atoms with Crippen molar-refractivity contribution in [2.75, 3.05) is 18.8 Å². The minimum absolute atomic E-state index is 0.631. The van der Waals surface area contributed by atoms with Crippen molar-refractivity contribution in [1.29, 1.82) is 0 Å². The van der Waals surface area contributed by atoms with Gasteiger partial charge in [0.15, 0.2) is 0 Å². The van der Waals surface area contributed by atoms with Gasteiger partial charge in [-0.2, -0.15) is 0 Å². The summed E-state index contributed by atoms with van der Waals surface area (Å²) in [4.78, 5) is 0. The van der Waals surface area contributed by atoms with Crippen molar-refractivity contribution < 1.29 is 25.3 Å². The van der Waals surface area contributed by atoms with Gasteiger partial charge in [-0.15, -0.1) is 0 Å². The van der Waals surface area contributed by atoms with Crippen molar-refractivity contribution in [3.8, 4) is 0 Å². The fraction of sp³-hybridized carbons (Fsp3) is 1.00. The third-order valence-electron chi connectivity index (χ3n) is 1.05. The Labute approximate surface area is 79.2 Å². The zero-order valence-corrected chi connectivity index (χ0v) is 10.9. The molecule has 0 heterocycles. The molecular weight excluding hydrogens is 255 g/mol. The van der Waals surface area contributed by atoms with E-state index in [-0.39, 0.29) is 0 Å². The van der Waals surface area contributed by atoms with Crippen molar-refractivity contribution in [2.45, 2.75) is 0 Å². The molecular formula is C3H9AlO6S3. The first-order valence-corrected chi connectivity index (χ1v) is 13.0. The molecule has 0 aliphatic carbocycles. The van der Waals surface area contributed by atoms with Crippen LogP contribution in [-0.2, 0) is 24.6 Å². The smallest absolute Gasteiger partial charge is 0.249 e. The van der Waals surface area contributed by atoms with E-state index in [1.54, 1.807) is 0 Å². The Morgan fingerprint density at radius 2 is 0.769 bits per heavy atom. The fourth-order valence-corrected chi connectivity index (χ4v) is 25.7. The second kappa shape index (κ2) is 3.51. The molecule has 0 atom stereocenters. The lowest BCUT2D eigenvalue weighted by Crippen LogP contribution is -2.41. The Balaban J connectivity index is 5.87. The highest BCUT2D eigenvalue weighted by atomic mass is 32.7. The molecule has 0 radical (unpaired) electrons. The lowest BCUT2D eigenvalue weighted by atomic mass is 12.0. The maximum atomic E-state index is 10.9. The number of hydrogen-bond acceptors (Lipinski definition) is 6. The Kier molecular flexibility index (Phi) is 3.61. The summed E-state index contributed by atoms with van der Waals surface area (Å²) in [5.74, 6) is 0. The Morgan fingerprint density at radius 1 is 0.615 bits per heavy atom. The van der Waals surface area contributed by atoms with Gasteiger partial charge in [-0.05, 0) is 0 Å². The van der Waals surface area contributed by atoms with E-state index >= 15 is 0 Å². The predicted molar refractivity (Wildman–Crippen MR) is 50.3 cm³/mol. The molecule has 0 amide bonds. The first-order chi connectivity index (χ1) is 5.37. The minimum atomic E-state index is -4.02. The molecule has 0 aromatic carbocycles. The Bertz CT molecular complexity index is 405. The molecule has 0 saturated carbocycles. The highest BCUT2D eigenvalue weighted by Crippen LogP contribution is 2.08. The second-order valence-electron chi connectivity index (χ2n) is 2.78. The number of hydrogen-bond donors (Lipinski definition) is 0. The standard InChI is InChI=1S/3CH3O2S.Al/c3*1-4(2)3;/h3*1H3;. The van der Waals surface area contributed by atoms with E-state index in [2.05, 4.69) is 0 Å². The average molecular weight is 264 g/mol. The van der Waals surface area contributed by atoms with Crippen LogP contribution in [0.4, 0.5) is 0 Å². The molecule has 0 fully saturated rings. The summed E-state index contributed by atoms with van der Waals surface area (Å²) in [6.45, 7) is 0. The van der Waals surface area contributed by atoms with Gasteiger partial charge in [0.1, 0.15) is 24.6 Å². The van der Waals surface area contributed by atoms with Crippen molar-refractivity contribution in [2.24, 2.45) is 0 Å². The largest absolute Gasteiger partial charge is 0.783 e. The van der Waals surface area contributed by atoms with Crippen LogP contribution in [0.25, 0.3) is 0 Å². The zero-order valence-electron chi connectivity index (χ0n) is 7.25. The van der Waals surface area contributed by atoms with Crippen LogP contribution in [0.5, 0.6) is 0 Å². The van der Waals surface area contributed by atoms with Crippen LogP contribution in [0.15, 0.2) is 0 Å². The van der Waals surface area contributed by atoms with Gasteiger partial charge in [0.05, 0.1) is 0 Å². The fourth-order valence-electron chi connectivity index (χ4n) is 0.953. The SMILES string of the molecule is C[S](=O)(=O)[Al]([S](C)(=O)=O)[S](C)(=O)=O. The Hall–Kier alpha value is 0.382. The lowest BCUT2D eigenvalue weighted by molar-refractivity contribution is 0.607. The molecule has 0 aliphatic rings. The summed E-state index contributed by atoms with van der Waals surface area (Å²) in [6.07, 6.45) is 1.89. The summed E-state index contributed by atoms with van der Waals surface area (Å²) >= 11 is 0. The van der Waals surface area contributed by atoms with Gasteiger partial charge in [0.2, 0.25) is 0 Å². The van der Waals surface area contributed by atoms with E-state index < -0.39 is 35.4 Å². The van der Waals surface area contributed by atoms with E-state index in [1.165, 1.54) is 0 Å². The summed E-state index contributed by atoms with van der Waals surface area (Å²) in [6, 6.07) is 0. The second-order valence-corrected chi connectivity index (χ2v) is 23.0. The molecule has 78 valence electrons. The normalized spacial score (nSPS) is 14.1. The quantitative estimate of drug-likeness (QED) is 0.552. The summed E-state index contributed by atoms with van der Waals surface area (Å²) in [7, 11) is -15.9. The summed E-state index contributed by atoms with van der Waals surface area (Å²) < 4.78 is 65.6. The van der Waals surface area contributed by atoms with E-state index in [9.17, 15) is 25.3 Å². The lowest BCUT2D eigenvalue weighted by Gasteiger charge is -2.02. The van der Waals surface area contributed by atoms with Gasteiger partial charge in [-0.25, -0.2) is 25.3 Å². The molecule has 0 aliphatic heterocycles. The van der Waals surface area contributed by atoms with E-state index in [4.69, 9.17) is 0 Å². The van der Waals surface area contributed by atoms with E-state index in [0.29, 0.717) is 18.8 Å². The predicted octanol–water partition coefficient (Wildman–Crippen LogP) is -1.89. The molecule has 0 N–H and O–H groups in total. The summed E-state index contributed by atoms with van der Waals surface area (Å²) in [5, 5.41) is 0. The van der Waals surface area contributed by atoms with Crippen molar-refractivity contribution in [1.82, 2.24) is 0 Å². The van der Waals surface area contributed by atoms with Gasteiger partial charge in [0, 0.05) is 18.8 Å². The van der Waals surface area contributed by atoms with Crippen molar-refractivity contribution in [3.63, 3.8) is 0 Å². The van der Waals surface area contributed by atoms with Gasteiger partial charge in [-0.1, -0.05) is 0 Å². The molecule has 0 spiro atoms. The summed E-state index contributed by atoms with van der Waals surface area (Å²) in [5.41, 5.74) is 0. The maximum Gasteiger partial charge on any atom is 0.783 e. The monoisotopic (exact) mass is 264 g/mol. The van der Waals surface area contributed by atoms with Crippen LogP contribution in [0, 0.1) is 0 Å². The molecule has 0 bridgehead atoms.